The molecule has 0 saturated carbocycles. The van der Waals surface area contributed by atoms with Crippen LogP contribution in [0.5, 0.6) is 11.5 Å². The quantitative estimate of drug-likeness (QED) is 0.214. The van der Waals surface area contributed by atoms with Crippen molar-refractivity contribution in [1.29, 1.82) is 0 Å². The van der Waals surface area contributed by atoms with E-state index in [1.54, 1.807) is 14.2 Å². The first-order chi connectivity index (χ1) is 14.2. The van der Waals surface area contributed by atoms with Gasteiger partial charge in [-0.05, 0) is 30.2 Å². The lowest BCUT2D eigenvalue weighted by Gasteiger charge is -2.26. The number of rotatable bonds is 8. The molecule has 0 aromatic heterocycles. The molecule has 1 atom stereocenters. The summed E-state index contributed by atoms with van der Waals surface area (Å²) in [6.45, 7) is 1.96. The number of benzene rings is 2. The minimum absolute atomic E-state index is 0. The van der Waals surface area contributed by atoms with Crippen molar-refractivity contribution in [2.45, 2.75) is 18.8 Å². The van der Waals surface area contributed by atoms with Crippen LogP contribution in [0.2, 0.25) is 0 Å². The Morgan fingerprint density at radius 1 is 1.17 bits per heavy atom. The summed E-state index contributed by atoms with van der Waals surface area (Å²) in [7, 11) is 3.38. The largest absolute Gasteiger partial charge is 0.497 e. The smallest absolute Gasteiger partial charge is 0.225 e. The van der Waals surface area contributed by atoms with E-state index in [2.05, 4.69) is 27.0 Å². The average Bonchev–Trinajstić information content (AvgIpc) is 2.75. The number of carbonyl (C=O) groups excluding carboxylic acids is 1. The molecule has 3 rings (SSSR count). The van der Waals surface area contributed by atoms with Gasteiger partial charge < -0.3 is 25.4 Å². The van der Waals surface area contributed by atoms with Crippen molar-refractivity contribution in [3.8, 4) is 11.5 Å². The number of nitrogens with zero attached hydrogens (tertiary/aromatic N) is 1. The zero-order valence-corrected chi connectivity index (χ0v) is 19.6. The van der Waals surface area contributed by atoms with Crippen molar-refractivity contribution in [3.63, 3.8) is 0 Å². The number of hydrogen-bond acceptors (Lipinski definition) is 4. The lowest BCUT2D eigenvalue weighted by atomic mass is 9.90. The van der Waals surface area contributed by atoms with Gasteiger partial charge in [0, 0.05) is 44.2 Å². The molecule has 3 N–H and O–H groups in total. The van der Waals surface area contributed by atoms with E-state index >= 15 is 0 Å². The number of aliphatic imine (C=N–C) groups is 1. The summed E-state index contributed by atoms with van der Waals surface area (Å²) in [6.07, 6.45) is 1.29. The highest BCUT2D eigenvalue weighted by Crippen LogP contribution is 2.31. The Kier molecular flexibility index (Phi) is 9.72. The minimum Gasteiger partial charge on any atom is -0.497 e. The molecule has 0 bridgehead atoms. The number of ether oxygens (including phenoxy) is 2. The summed E-state index contributed by atoms with van der Waals surface area (Å²) >= 11 is 0. The monoisotopic (exact) mass is 524 g/mol. The van der Waals surface area contributed by atoms with Crippen molar-refractivity contribution in [2.75, 3.05) is 39.2 Å². The van der Waals surface area contributed by atoms with E-state index in [0.717, 1.165) is 41.7 Å². The number of halogens is 1. The second kappa shape index (κ2) is 12.3. The summed E-state index contributed by atoms with van der Waals surface area (Å²) in [5.74, 6) is 2.46. The van der Waals surface area contributed by atoms with Crippen molar-refractivity contribution >= 4 is 41.5 Å². The molecule has 8 heteroatoms. The van der Waals surface area contributed by atoms with Crippen LogP contribution < -0.4 is 25.4 Å². The van der Waals surface area contributed by atoms with Crippen LogP contribution in [0.25, 0.3) is 0 Å². The van der Waals surface area contributed by atoms with E-state index in [0.29, 0.717) is 19.6 Å². The fraction of sp³-hybridized carbons (Fsp3) is 0.364. The number of fused-ring (bicyclic) bond motifs is 1. The SMILES string of the molecule is CN=C(NCCCOc1cccc(OC)c1)NCC1CC(=O)Nc2ccccc21.I. The first-order valence-corrected chi connectivity index (χ1v) is 9.79. The van der Waals surface area contributed by atoms with Gasteiger partial charge in [0.1, 0.15) is 11.5 Å². The molecule has 0 fully saturated rings. The molecule has 1 heterocycles. The maximum absolute atomic E-state index is 11.9. The highest BCUT2D eigenvalue weighted by molar-refractivity contribution is 14.0. The highest BCUT2D eigenvalue weighted by Gasteiger charge is 2.24. The van der Waals surface area contributed by atoms with Crippen LogP contribution in [0.4, 0.5) is 5.69 Å². The van der Waals surface area contributed by atoms with Crippen LogP contribution in [0, 0.1) is 0 Å². The molecule has 1 unspecified atom stereocenters. The maximum atomic E-state index is 11.9. The molecule has 2 aromatic rings. The van der Waals surface area contributed by atoms with Gasteiger partial charge >= 0.3 is 0 Å². The van der Waals surface area contributed by atoms with E-state index < -0.39 is 0 Å². The number of carbonyl (C=O) groups is 1. The van der Waals surface area contributed by atoms with Crippen LogP contribution >= 0.6 is 24.0 Å². The third-order valence-electron chi connectivity index (χ3n) is 4.77. The Hall–Kier alpha value is -2.49. The molecular weight excluding hydrogens is 495 g/mol. The first-order valence-electron chi connectivity index (χ1n) is 9.79. The number of anilines is 1. The van der Waals surface area contributed by atoms with Crippen LogP contribution in [0.15, 0.2) is 53.5 Å². The van der Waals surface area contributed by atoms with Gasteiger partial charge in [-0.3, -0.25) is 9.79 Å². The number of methoxy groups -OCH3 is 1. The normalized spacial score (nSPS) is 15.3. The van der Waals surface area contributed by atoms with Gasteiger partial charge in [0.05, 0.1) is 13.7 Å². The Labute approximate surface area is 194 Å². The molecule has 0 spiro atoms. The molecule has 7 nitrogen and oxygen atoms in total. The second-order valence-electron chi connectivity index (χ2n) is 6.80. The average molecular weight is 524 g/mol. The Morgan fingerprint density at radius 3 is 2.77 bits per heavy atom. The molecule has 0 radical (unpaired) electrons. The molecule has 1 aliphatic rings. The molecule has 30 heavy (non-hydrogen) atoms. The van der Waals surface area contributed by atoms with Crippen LogP contribution in [-0.2, 0) is 4.79 Å². The molecule has 1 amide bonds. The molecule has 1 aliphatic heterocycles. The van der Waals surface area contributed by atoms with Crippen LogP contribution in [0.3, 0.4) is 0 Å². The molecule has 2 aromatic carbocycles. The second-order valence-corrected chi connectivity index (χ2v) is 6.80. The van der Waals surface area contributed by atoms with Crippen LogP contribution in [-0.4, -0.2) is 45.7 Å². The summed E-state index contributed by atoms with van der Waals surface area (Å²) < 4.78 is 10.9. The number of hydrogen-bond donors (Lipinski definition) is 3. The molecule has 162 valence electrons. The predicted molar refractivity (Wildman–Crippen MR) is 130 cm³/mol. The van der Waals surface area contributed by atoms with E-state index in [9.17, 15) is 4.79 Å². The van der Waals surface area contributed by atoms with Gasteiger partial charge in [-0.25, -0.2) is 0 Å². The Morgan fingerprint density at radius 2 is 1.97 bits per heavy atom. The lowest BCUT2D eigenvalue weighted by Crippen LogP contribution is -2.41. The number of amides is 1. The summed E-state index contributed by atoms with van der Waals surface area (Å²) in [6, 6.07) is 15.5. The number of para-hydroxylation sites is 1. The van der Waals surface area contributed by atoms with Crippen molar-refractivity contribution in [1.82, 2.24) is 10.6 Å². The maximum Gasteiger partial charge on any atom is 0.225 e. The van der Waals surface area contributed by atoms with Gasteiger partial charge in [0.2, 0.25) is 5.91 Å². The molecule has 0 saturated heterocycles. The number of nitrogens with one attached hydrogen (secondary N) is 3. The van der Waals surface area contributed by atoms with Crippen molar-refractivity contribution in [2.24, 2.45) is 4.99 Å². The van der Waals surface area contributed by atoms with Gasteiger partial charge in [-0.15, -0.1) is 24.0 Å². The summed E-state index contributed by atoms with van der Waals surface area (Å²) in [5.41, 5.74) is 2.05. The minimum atomic E-state index is 0. The Bertz CT molecular complexity index is 860. The summed E-state index contributed by atoms with van der Waals surface area (Å²) in [5, 5.41) is 9.54. The first kappa shape index (κ1) is 23.8. The van der Waals surface area contributed by atoms with Gasteiger partial charge in [0.25, 0.3) is 0 Å². The van der Waals surface area contributed by atoms with Crippen LogP contribution in [0.1, 0.15) is 24.3 Å². The van der Waals surface area contributed by atoms with Crippen molar-refractivity contribution in [3.05, 3.63) is 54.1 Å². The Balaban J connectivity index is 0.00000320. The lowest BCUT2D eigenvalue weighted by molar-refractivity contribution is -0.116. The zero-order valence-electron chi connectivity index (χ0n) is 17.3. The van der Waals surface area contributed by atoms with Gasteiger partial charge in [-0.2, -0.15) is 0 Å². The number of guanidine groups is 1. The third kappa shape index (κ3) is 6.79. The fourth-order valence-electron chi connectivity index (χ4n) is 3.28. The van der Waals surface area contributed by atoms with E-state index in [1.807, 2.05) is 42.5 Å². The predicted octanol–water partition coefficient (Wildman–Crippen LogP) is 3.37. The van der Waals surface area contributed by atoms with E-state index in [4.69, 9.17) is 9.47 Å². The topological polar surface area (TPSA) is 84.0 Å². The molecular formula is C22H29IN4O3. The zero-order chi connectivity index (χ0) is 20.5. The molecule has 0 aliphatic carbocycles. The third-order valence-corrected chi connectivity index (χ3v) is 4.77. The highest BCUT2D eigenvalue weighted by atomic mass is 127. The summed E-state index contributed by atoms with van der Waals surface area (Å²) in [4.78, 5) is 16.2. The fourth-order valence-corrected chi connectivity index (χ4v) is 3.28. The van der Waals surface area contributed by atoms with E-state index in [1.165, 1.54) is 0 Å². The van der Waals surface area contributed by atoms with E-state index in [-0.39, 0.29) is 35.8 Å². The standard InChI is InChI=1S/C22H28N4O3.HI/c1-23-22(24-11-6-12-29-18-8-5-7-17(14-18)28-2)25-15-16-13-21(27)26-20-10-4-3-9-19(16)20;/h3-5,7-10,14,16H,6,11-13,15H2,1-2H3,(H,26,27)(H2,23,24,25);1H. The van der Waals surface area contributed by atoms with Gasteiger partial charge in [0.15, 0.2) is 5.96 Å². The van der Waals surface area contributed by atoms with Gasteiger partial charge in [-0.1, -0.05) is 24.3 Å². The van der Waals surface area contributed by atoms with Crippen molar-refractivity contribution < 1.29 is 14.3 Å².